The summed E-state index contributed by atoms with van der Waals surface area (Å²) in [6.07, 6.45) is 2.71. The van der Waals surface area contributed by atoms with Crippen LogP contribution in [0.3, 0.4) is 0 Å². The zero-order valence-electron chi connectivity index (χ0n) is 15.6. The molecule has 0 amide bonds. The van der Waals surface area contributed by atoms with Gasteiger partial charge in [-0.3, -0.25) is 14.7 Å². The molecule has 0 spiro atoms. The minimum absolute atomic E-state index is 0.738. The first-order valence-corrected chi connectivity index (χ1v) is 10.2. The second kappa shape index (κ2) is 7.31. The number of ether oxygens (including phenoxy) is 1. The summed E-state index contributed by atoms with van der Waals surface area (Å²) in [5.74, 6) is 0. The van der Waals surface area contributed by atoms with Crippen molar-refractivity contribution >= 4 is 10.9 Å². The monoisotopic (exact) mass is 354 g/mol. The van der Waals surface area contributed by atoms with E-state index in [1.165, 1.54) is 61.2 Å². The van der Waals surface area contributed by atoms with E-state index in [1.807, 2.05) is 0 Å². The maximum atomic E-state index is 5.46. The molecule has 1 aromatic carbocycles. The van der Waals surface area contributed by atoms with Crippen molar-refractivity contribution in [3.05, 3.63) is 35.5 Å². The lowest BCUT2D eigenvalue weighted by atomic mass is 10.0. The number of aromatic amines is 1. The van der Waals surface area contributed by atoms with Gasteiger partial charge in [0.1, 0.15) is 0 Å². The lowest BCUT2D eigenvalue weighted by molar-refractivity contribution is -0.0344. The number of hydrogen-bond donors (Lipinski definition) is 1. The van der Waals surface area contributed by atoms with E-state index >= 15 is 0 Å². The Bertz CT molecular complexity index is 740. The normalized spacial score (nSPS) is 23.7. The van der Waals surface area contributed by atoms with E-state index in [9.17, 15) is 0 Å². The highest BCUT2D eigenvalue weighted by Crippen LogP contribution is 2.23. The standard InChI is InChI=1S/C21H30N4O/c1-2-6-23(5-1)14-19-12-18-11-17(3-4-21(18)22-19)13-24-15-20(16-24)25-7-9-26-10-8-25/h3-4,11-12,20,22H,1-2,5-10,13-16H2. The Kier molecular flexibility index (Phi) is 4.71. The third kappa shape index (κ3) is 3.54. The molecular weight excluding hydrogens is 324 g/mol. The molecule has 0 bridgehead atoms. The number of fused-ring (bicyclic) bond motifs is 1. The number of rotatable bonds is 5. The Morgan fingerprint density at radius 1 is 0.923 bits per heavy atom. The number of H-pyrrole nitrogens is 1. The fourth-order valence-corrected chi connectivity index (χ4v) is 4.71. The van der Waals surface area contributed by atoms with Crippen LogP contribution in [0.2, 0.25) is 0 Å². The van der Waals surface area contributed by atoms with E-state index in [1.54, 1.807) is 0 Å². The van der Waals surface area contributed by atoms with Crippen molar-refractivity contribution in [2.75, 3.05) is 52.5 Å². The molecule has 2 aromatic rings. The Morgan fingerprint density at radius 2 is 1.73 bits per heavy atom. The highest BCUT2D eigenvalue weighted by Gasteiger charge is 2.32. The molecule has 0 radical (unpaired) electrons. The predicted octanol–water partition coefficient (Wildman–Crippen LogP) is 2.28. The third-order valence-electron chi connectivity index (χ3n) is 6.24. The van der Waals surface area contributed by atoms with Crippen LogP contribution in [0.25, 0.3) is 10.9 Å². The maximum absolute atomic E-state index is 5.46. The van der Waals surface area contributed by atoms with Crippen LogP contribution >= 0.6 is 0 Å². The molecule has 3 saturated heterocycles. The van der Waals surface area contributed by atoms with Gasteiger partial charge in [-0.2, -0.15) is 0 Å². The van der Waals surface area contributed by atoms with Crippen molar-refractivity contribution in [3.8, 4) is 0 Å². The first-order valence-electron chi connectivity index (χ1n) is 10.2. The molecule has 26 heavy (non-hydrogen) atoms. The second-order valence-electron chi connectivity index (χ2n) is 8.20. The van der Waals surface area contributed by atoms with Gasteiger partial charge in [-0.15, -0.1) is 0 Å². The van der Waals surface area contributed by atoms with Crippen molar-refractivity contribution in [3.63, 3.8) is 0 Å². The molecule has 1 aromatic heterocycles. The highest BCUT2D eigenvalue weighted by atomic mass is 16.5. The number of morpholine rings is 1. The molecule has 0 atom stereocenters. The summed E-state index contributed by atoms with van der Waals surface area (Å²) < 4.78 is 5.46. The van der Waals surface area contributed by atoms with E-state index in [0.29, 0.717) is 0 Å². The van der Waals surface area contributed by atoms with Crippen LogP contribution in [0.1, 0.15) is 24.1 Å². The number of nitrogens with zero attached hydrogens (tertiary/aromatic N) is 3. The summed E-state index contributed by atoms with van der Waals surface area (Å²) in [5, 5.41) is 1.36. The molecule has 3 fully saturated rings. The van der Waals surface area contributed by atoms with Crippen molar-refractivity contribution in [1.82, 2.24) is 19.7 Å². The number of hydrogen-bond acceptors (Lipinski definition) is 4. The van der Waals surface area contributed by atoms with Gasteiger partial charge in [0.2, 0.25) is 0 Å². The van der Waals surface area contributed by atoms with Gasteiger partial charge in [0, 0.05) is 61.9 Å². The van der Waals surface area contributed by atoms with Crippen molar-refractivity contribution in [1.29, 1.82) is 0 Å². The van der Waals surface area contributed by atoms with Crippen LogP contribution in [-0.2, 0) is 17.8 Å². The van der Waals surface area contributed by atoms with E-state index in [0.717, 1.165) is 45.4 Å². The van der Waals surface area contributed by atoms with Gasteiger partial charge in [-0.05, 0) is 49.7 Å². The van der Waals surface area contributed by atoms with Crippen LogP contribution in [0.4, 0.5) is 0 Å². The molecule has 0 saturated carbocycles. The lowest BCUT2D eigenvalue weighted by Crippen LogP contribution is -2.60. The summed E-state index contributed by atoms with van der Waals surface area (Å²) >= 11 is 0. The first-order chi connectivity index (χ1) is 12.8. The van der Waals surface area contributed by atoms with Crippen LogP contribution in [0.15, 0.2) is 24.3 Å². The lowest BCUT2D eigenvalue weighted by Gasteiger charge is -2.46. The average Bonchev–Trinajstić information content (AvgIpc) is 3.27. The van der Waals surface area contributed by atoms with Crippen LogP contribution < -0.4 is 0 Å². The second-order valence-corrected chi connectivity index (χ2v) is 8.20. The quantitative estimate of drug-likeness (QED) is 0.893. The molecule has 3 aliphatic rings. The summed E-state index contributed by atoms with van der Waals surface area (Å²) in [4.78, 5) is 11.3. The molecule has 5 heteroatoms. The number of likely N-dealkylation sites (tertiary alicyclic amines) is 2. The van der Waals surface area contributed by atoms with Crippen molar-refractivity contribution in [2.24, 2.45) is 0 Å². The summed E-state index contributed by atoms with van der Waals surface area (Å²) in [6, 6.07) is 10.0. The minimum Gasteiger partial charge on any atom is -0.379 e. The largest absolute Gasteiger partial charge is 0.379 e. The summed E-state index contributed by atoms with van der Waals surface area (Å²) in [6.45, 7) is 11.1. The van der Waals surface area contributed by atoms with Gasteiger partial charge >= 0.3 is 0 Å². The Morgan fingerprint density at radius 3 is 2.54 bits per heavy atom. The third-order valence-corrected chi connectivity index (χ3v) is 6.24. The molecule has 5 nitrogen and oxygen atoms in total. The van der Waals surface area contributed by atoms with Crippen LogP contribution in [0.5, 0.6) is 0 Å². The molecule has 3 aliphatic heterocycles. The average molecular weight is 354 g/mol. The number of aromatic nitrogens is 1. The predicted molar refractivity (Wildman–Crippen MR) is 104 cm³/mol. The fourth-order valence-electron chi connectivity index (χ4n) is 4.71. The maximum Gasteiger partial charge on any atom is 0.0594 e. The zero-order valence-corrected chi connectivity index (χ0v) is 15.6. The van der Waals surface area contributed by atoms with E-state index in [-0.39, 0.29) is 0 Å². The number of benzene rings is 1. The Hall–Kier alpha value is -1.40. The minimum atomic E-state index is 0.738. The topological polar surface area (TPSA) is 34.7 Å². The van der Waals surface area contributed by atoms with Crippen LogP contribution in [0, 0.1) is 0 Å². The van der Waals surface area contributed by atoms with Gasteiger partial charge in [0.25, 0.3) is 0 Å². The van der Waals surface area contributed by atoms with E-state index in [2.05, 4.69) is 43.9 Å². The fraction of sp³-hybridized carbons (Fsp3) is 0.619. The molecule has 5 rings (SSSR count). The van der Waals surface area contributed by atoms with Gasteiger partial charge in [-0.25, -0.2) is 0 Å². The molecule has 140 valence electrons. The molecule has 0 aliphatic carbocycles. The van der Waals surface area contributed by atoms with Gasteiger partial charge in [0.05, 0.1) is 13.2 Å². The van der Waals surface area contributed by atoms with Crippen molar-refractivity contribution < 1.29 is 4.74 Å². The molecular formula is C21H30N4O. The van der Waals surface area contributed by atoms with Gasteiger partial charge in [-0.1, -0.05) is 6.07 Å². The number of nitrogens with one attached hydrogen (secondary N) is 1. The molecule has 4 heterocycles. The molecule has 0 unspecified atom stereocenters. The van der Waals surface area contributed by atoms with Gasteiger partial charge < -0.3 is 9.72 Å². The zero-order chi connectivity index (χ0) is 17.3. The Balaban J connectivity index is 1.18. The Labute approximate surface area is 155 Å². The summed E-state index contributed by atoms with van der Waals surface area (Å²) in [5.41, 5.74) is 4.07. The SMILES string of the molecule is c1cc2[nH]c(CN3CCCC3)cc2cc1CN1CC(N2CCOCC2)C1. The smallest absolute Gasteiger partial charge is 0.0594 e. The van der Waals surface area contributed by atoms with Gasteiger partial charge in [0.15, 0.2) is 0 Å². The van der Waals surface area contributed by atoms with Crippen LogP contribution in [-0.4, -0.2) is 78.2 Å². The van der Waals surface area contributed by atoms with E-state index in [4.69, 9.17) is 4.74 Å². The molecule has 1 N–H and O–H groups in total. The summed E-state index contributed by atoms with van der Waals surface area (Å²) in [7, 11) is 0. The highest BCUT2D eigenvalue weighted by molar-refractivity contribution is 5.81. The van der Waals surface area contributed by atoms with Crippen molar-refractivity contribution in [2.45, 2.75) is 32.0 Å². The first kappa shape index (κ1) is 16.8. The van der Waals surface area contributed by atoms with E-state index < -0.39 is 0 Å².